The summed E-state index contributed by atoms with van der Waals surface area (Å²) in [5, 5.41) is 16.7. The maximum atomic E-state index is 5.33. The maximum absolute atomic E-state index is 5.33. The second-order valence-corrected chi connectivity index (χ2v) is 6.43. The van der Waals surface area contributed by atoms with E-state index >= 15 is 0 Å². The van der Waals surface area contributed by atoms with Crippen LogP contribution in [0.4, 0.5) is 0 Å². The molecule has 0 radical (unpaired) electrons. The molecule has 23 heavy (non-hydrogen) atoms. The molecular formula is C15H16N6OS. The predicted octanol–water partition coefficient (Wildman–Crippen LogP) is 2.91. The van der Waals surface area contributed by atoms with Crippen LogP contribution < -0.4 is 0 Å². The summed E-state index contributed by atoms with van der Waals surface area (Å²) in [7, 11) is 0. The summed E-state index contributed by atoms with van der Waals surface area (Å²) in [4.78, 5) is 4.45. The van der Waals surface area contributed by atoms with Gasteiger partial charge in [0.1, 0.15) is 0 Å². The van der Waals surface area contributed by atoms with Gasteiger partial charge in [-0.1, -0.05) is 48.1 Å². The Morgan fingerprint density at radius 2 is 2.09 bits per heavy atom. The smallest absolute Gasteiger partial charge is 0.237 e. The zero-order chi connectivity index (χ0) is 15.6. The van der Waals surface area contributed by atoms with Crippen LogP contribution in [0.3, 0.4) is 0 Å². The van der Waals surface area contributed by atoms with Crippen molar-refractivity contribution >= 4 is 11.8 Å². The lowest BCUT2D eigenvalue weighted by atomic mass is 10.1. The first-order chi connectivity index (χ1) is 11.3. The highest BCUT2D eigenvalue weighted by molar-refractivity contribution is 7.98. The molecule has 0 N–H and O–H groups in total. The van der Waals surface area contributed by atoms with Crippen LogP contribution in [0.1, 0.15) is 37.3 Å². The number of aryl methyl sites for hydroxylation is 1. The van der Waals surface area contributed by atoms with Crippen molar-refractivity contribution in [3.63, 3.8) is 0 Å². The summed E-state index contributed by atoms with van der Waals surface area (Å²) >= 11 is 1.52. The van der Waals surface area contributed by atoms with Crippen LogP contribution in [-0.2, 0) is 12.2 Å². The molecule has 8 heteroatoms. The second-order valence-electron chi connectivity index (χ2n) is 5.49. The summed E-state index contributed by atoms with van der Waals surface area (Å²) in [5.41, 5.74) is 2.25. The number of benzene rings is 1. The van der Waals surface area contributed by atoms with E-state index in [9.17, 15) is 0 Å². The van der Waals surface area contributed by atoms with E-state index in [1.54, 1.807) is 0 Å². The van der Waals surface area contributed by atoms with Crippen molar-refractivity contribution in [2.24, 2.45) is 0 Å². The standard InChI is InChI=1S/C15H16N6OS/c1-2-10-3-5-11(6-4-10)14-16-13(22-18-14)9-23-15-17-19-20-21(15)12-7-8-12/h3-6,12H,2,7-9H2,1H3. The van der Waals surface area contributed by atoms with Gasteiger partial charge < -0.3 is 4.52 Å². The molecule has 1 aromatic carbocycles. The molecule has 0 spiro atoms. The molecule has 118 valence electrons. The van der Waals surface area contributed by atoms with Crippen molar-refractivity contribution in [3.05, 3.63) is 35.7 Å². The van der Waals surface area contributed by atoms with Gasteiger partial charge in [0.2, 0.25) is 16.9 Å². The molecule has 4 rings (SSSR count). The van der Waals surface area contributed by atoms with Gasteiger partial charge in [0.15, 0.2) is 0 Å². The minimum Gasteiger partial charge on any atom is -0.338 e. The first-order valence-corrected chi connectivity index (χ1v) is 8.64. The van der Waals surface area contributed by atoms with Crippen molar-refractivity contribution in [3.8, 4) is 11.4 Å². The summed E-state index contributed by atoms with van der Waals surface area (Å²) in [6.45, 7) is 2.13. The lowest BCUT2D eigenvalue weighted by molar-refractivity contribution is 0.391. The fourth-order valence-electron chi connectivity index (χ4n) is 2.28. The van der Waals surface area contributed by atoms with Crippen molar-refractivity contribution < 1.29 is 4.52 Å². The number of rotatable bonds is 6. The molecule has 1 fully saturated rings. The van der Waals surface area contributed by atoms with Gasteiger partial charge in [-0.15, -0.1) is 5.10 Å². The fraction of sp³-hybridized carbons (Fsp3) is 0.400. The van der Waals surface area contributed by atoms with Crippen molar-refractivity contribution in [1.82, 2.24) is 30.3 Å². The third kappa shape index (κ3) is 3.12. The monoisotopic (exact) mass is 328 g/mol. The largest absolute Gasteiger partial charge is 0.338 e. The Balaban J connectivity index is 1.44. The molecular weight excluding hydrogens is 312 g/mol. The highest BCUT2D eigenvalue weighted by Crippen LogP contribution is 2.36. The molecule has 0 amide bonds. The average Bonchev–Trinajstić information content (AvgIpc) is 3.14. The SMILES string of the molecule is CCc1ccc(-c2noc(CSc3nnnn3C3CC3)n2)cc1. The number of hydrogen-bond donors (Lipinski definition) is 0. The van der Waals surface area contributed by atoms with E-state index in [0.29, 0.717) is 23.5 Å². The van der Waals surface area contributed by atoms with Gasteiger partial charge in [-0.2, -0.15) is 4.98 Å². The Bertz CT molecular complexity index is 792. The average molecular weight is 328 g/mol. The molecule has 7 nitrogen and oxygen atoms in total. The quantitative estimate of drug-likeness (QED) is 0.643. The third-order valence-electron chi connectivity index (χ3n) is 3.77. The van der Waals surface area contributed by atoms with Crippen LogP contribution in [0, 0.1) is 0 Å². The normalized spacial score (nSPS) is 14.3. The summed E-state index contributed by atoms with van der Waals surface area (Å²) < 4.78 is 7.21. The lowest BCUT2D eigenvalue weighted by Crippen LogP contribution is -1.98. The van der Waals surface area contributed by atoms with E-state index < -0.39 is 0 Å². The Hall–Kier alpha value is -2.22. The molecule has 0 atom stereocenters. The summed E-state index contributed by atoms with van der Waals surface area (Å²) in [6, 6.07) is 8.68. The van der Waals surface area contributed by atoms with Gasteiger partial charge in [-0.25, -0.2) is 4.68 Å². The zero-order valence-electron chi connectivity index (χ0n) is 12.7. The highest BCUT2D eigenvalue weighted by atomic mass is 32.2. The van der Waals surface area contributed by atoms with Gasteiger partial charge in [0, 0.05) is 5.56 Å². The maximum Gasteiger partial charge on any atom is 0.237 e. The Morgan fingerprint density at radius 3 is 2.83 bits per heavy atom. The molecule has 3 aromatic rings. The predicted molar refractivity (Wildman–Crippen MR) is 84.8 cm³/mol. The summed E-state index contributed by atoms with van der Waals surface area (Å²) in [5.74, 6) is 1.76. The van der Waals surface area contributed by atoms with Gasteiger partial charge in [0.25, 0.3) is 0 Å². The van der Waals surface area contributed by atoms with Crippen molar-refractivity contribution in [2.45, 2.75) is 43.1 Å². The second kappa shape index (κ2) is 6.11. The van der Waals surface area contributed by atoms with Crippen LogP contribution in [0.2, 0.25) is 0 Å². The number of aromatic nitrogens is 6. The molecule has 0 saturated heterocycles. The van der Waals surface area contributed by atoms with E-state index in [1.165, 1.54) is 17.3 Å². The molecule has 0 bridgehead atoms. The van der Waals surface area contributed by atoms with Crippen LogP contribution in [0.25, 0.3) is 11.4 Å². The molecule has 0 aliphatic heterocycles. The minimum absolute atomic E-state index is 0.461. The summed E-state index contributed by atoms with van der Waals surface area (Å²) in [6.07, 6.45) is 3.32. The molecule has 1 aliphatic carbocycles. The number of thioether (sulfide) groups is 1. The zero-order valence-corrected chi connectivity index (χ0v) is 13.5. The first-order valence-electron chi connectivity index (χ1n) is 7.66. The van der Waals surface area contributed by atoms with Gasteiger partial charge in [-0.05, 0) is 35.3 Å². The van der Waals surface area contributed by atoms with Crippen molar-refractivity contribution in [2.75, 3.05) is 0 Å². The number of nitrogens with zero attached hydrogens (tertiary/aromatic N) is 6. The Labute approximate surface area is 137 Å². The molecule has 1 saturated carbocycles. The minimum atomic E-state index is 0.461. The van der Waals surface area contributed by atoms with Crippen molar-refractivity contribution in [1.29, 1.82) is 0 Å². The number of hydrogen-bond acceptors (Lipinski definition) is 7. The van der Waals surface area contributed by atoms with E-state index in [-0.39, 0.29) is 0 Å². The topological polar surface area (TPSA) is 82.5 Å². The van der Waals surface area contributed by atoms with E-state index in [1.807, 2.05) is 16.8 Å². The Kier molecular flexibility index (Phi) is 3.82. The molecule has 2 aromatic heterocycles. The fourth-order valence-corrected chi connectivity index (χ4v) is 3.06. The Morgan fingerprint density at radius 1 is 1.26 bits per heavy atom. The lowest BCUT2D eigenvalue weighted by Gasteiger charge is -1.99. The third-order valence-corrected chi connectivity index (χ3v) is 4.69. The van der Waals surface area contributed by atoms with Gasteiger partial charge in [0.05, 0.1) is 11.8 Å². The number of tetrazole rings is 1. The van der Waals surface area contributed by atoms with E-state index in [2.05, 4.69) is 44.7 Å². The van der Waals surface area contributed by atoms with E-state index in [4.69, 9.17) is 4.52 Å². The van der Waals surface area contributed by atoms with Gasteiger partial charge in [-0.3, -0.25) is 0 Å². The molecule has 1 aliphatic rings. The molecule has 0 unspecified atom stereocenters. The van der Waals surface area contributed by atoms with Crippen LogP contribution in [0.5, 0.6) is 0 Å². The van der Waals surface area contributed by atoms with E-state index in [0.717, 1.165) is 30.0 Å². The van der Waals surface area contributed by atoms with Crippen LogP contribution in [0.15, 0.2) is 33.9 Å². The first kappa shape index (κ1) is 14.4. The van der Waals surface area contributed by atoms with Gasteiger partial charge >= 0.3 is 0 Å². The molecule has 2 heterocycles. The highest BCUT2D eigenvalue weighted by Gasteiger charge is 2.28. The van der Waals surface area contributed by atoms with Crippen LogP contribution in [-0.4, -0.2) is 30.3 Å². The van der Waals surface area contributed by atoms with Crippen LogP contribution >= 0.6 is 11.8 Å².